The average molecular weight is 383 g/mol. The summed E-state index contributed by atoms with van der Waals surface area (Å²) in [5, 5.41) is 12.8. The minimum absolute atomic E-state index is 0.00678. The van der Waals surface area contributed by atoms with Crippen LogP contribution >= 0.6 is 0 Å². The Morgan fingerprint density at radius 3 is 2.52 bits per heavy atom. The van der Waals surface area contributed by atoms with Crippen LogP contribution in [0.15, 0.2) is 48.5 Å². The van der Waals surface area contributed by atoms with Crippen molar-refractivity contribution in [2.75, 3.05) is 20.3 Å². The molecule has 27 heavy (non-hydrogen) atoms. The fourth-order valence-corrected chi connectivity index (χ4v) is 2.30. The van der Waals surface area contributed by atoms with Gasteiger partial charge in [-0.15, -0.1) is 0 Å². The lowest BCUT2D eigenvalue weighted by Crippen LogP contribution is -2.31. The molecule has 0 saturated carbocycles. The number of carbonyl (C=O) groups is 1. The number of halogens is 3. The van der Waals surface area contributed by atoms with Crippen LogP contribution in [0, 0.1) is 0 Å². The second-order valence-electron chi connectivity index (χ2n) is 5.81. The van der Waals surface area contributed by atoms with E-state index in [4.69, 9.17) is 4.74 Å². The zero-order valence-electron chi connectivity index (χ0n) is 14.6. The van der Waals surface area contributed by atoms with Crippen LogP contribution in [-0.2, 0) is 17.5 Å². The Kier molecular flexibility index (Phi) is 7.20. The molecule has 146 valence electrons. The van der Waals surface area contributed by atoms with E-state index < -0.39 is 23.8 Å². The summed E-state index contributed by atoms with van der Waals surface area (Å²) in [6.07, 6.45) is -5.23. The number of ether oxygens (including phenoxy) is 2. The Morgan fingerprint density at radius 2 is 1.89 bits per heavy atom. The smallest absolute Gasteiger partial charge is 0.416 e. The maximum absolute atomic E-state index is 12.7. The van der Waals surface area contributed by atoms with E-state index in [9.17, 15) is 23.1 Å². The van der Waals surface area contributed by atoms with Gasteiger partial charge in [-0.1, -0.05) is 18.2 Å². The van der Waals surface area contributed by atoms with Crippen molar-refractivity contribution in [3.05, 3.63) is 65.2 Å². The largest absolute Gasteiger partial charge is 0.491 e. The van der Waals surface area contributed by atoms with E-state index in [0.717, 1.165) is 12.1 Å². The van der Waals surface area contributed by atoms with Crippen LogP contribution < -0.4 is 10.1 Å². The molecule has 0 amide bonds. The first-order chi connectivity index (χ1) is 12.8. The average Bonchev–Trinajstić information content (AvgIpc) is 2.66. The zero-order valence-corrected chi connectivity index (χ0v) is 14.6. The van der Waals surface area contributed by atoms with E-state index in [2.05, 4.69) is 10.1 Å². The molecule has 0 aliphatic rings. The number of carbonyl (C=O) groups excluding carboxylic acids is 1. The third-order valence-corrected chi connectivity index (χ3v) is 3.68. The van der Waals surface area contributed by atoms with Gasteiger partial charge in [-0.05, 0) is 35.9 Å². The summed E-state index contributed by atoms with van der Waals surface area (Å²) >= 11 is 0. The Bertz CT molecular complexity index is 747. The molecule has 0 heterocycles. The number of alkyl halides is 3. The second kappa shape index (κ2) is 9.38. The van der Waals surface area contributed by atoms with Crippen LogP contribution in [0.25, 0.3) is 0 Å². The first-order valence-electron chi connectivity index (χ1n) is 8.15. The van der Waals surface area contributed by atoms with Crippen molar-refractivity contribution in [2.45, 2.75) is 18.8 Å². The first-order valence-corrected chi connectivity index (χ1v) is 8.15. The molecule has 0 fully saturated rings. The monoisotopic (exact) mass is 383 g/mol. The molecule has 0 saturated heterocycles. The zero-order chi connectivity index (χ0) is 19.9. The van der Waals surface area contributed by atoms with E-state index in [1.165, 1.54) is 13.2 Å². The molecule has 0 unspecified atom stereocenters. The number of benzene rings is 2. The number of esters is 1. The van der Waals surface area contributed by atoms with Crippen molar-refractivity contribution in [1.29, 1.82) is 0 Å². The summed E-state index contributed by atoms with van der Waals surface area (Å²) in [6.45, 7) is 0.332. The summed E-state index contributed by atoms with van der Waals surface area (Å²) in [6, 6.07) is 11.2. The molecule has 2 N–H and O–H groups in total. The molecule has 2 aromatic rings. The van der Waals surface area contributed by atoms with Crippen LogP contribution in [0.3, 0.4) is 0 Å². The fourth-order valence-electron chi connectivity index (χ4n) is 2.30. The lowest BCUT2D eigenvalue weighted by atomic mass is 10.1. The lowest BCUT2D eigenvalue weighted by molar-refractivity contribution is -0.137. The van der Waals surface area contributed by atoms with Gasteiger partial charge < -0.3 is 19.9 Å². The molecule has 0 bridgehead atoms. The van der Waals surface area contributed by atoms with Gasteiger partial charge in [0.25, 0.3) is 0 Å². The van der Waals surface area contributed by atoms with Gasteiger partial charge in [0.15, 0.2) is 0 Å². The standard InChI is InChI=1S/C19H20F3NO4/c1-26-18(25)14-5-7-17(8-6-14)27-12-16(24)11-23-10-13-3-2-4-15(9-13)19(20,21)22/h2-9,16,23-24H,10-12H2,1H3/t16-/m0/s1. The van der Waals surface area contributed by atoms with E-state index in [1.807, 2.05) is 0 Å². The highest BCUT2D eigenvalue weighted by molar-refractivity contribution is 5.89. The van der Waals surface area contributed by atoms with Crippen molar-refractivity contribution in [3.63, 3.8) is 0 Å². The Hall–Kier alpha value is -2.58. The minimum atomic E-state index is -4.38. The van der Waals surface area contributed by atoms with E-state index in [0.29, 0.717) is 16.9 Å². The molecule has 8 heteroatoms. The highest BCUT2D eigenvalue weighted by atomic mass is 19.4. The fraction of sp³-hybridized carbons (Fsp3) is 0.316. The van der Waals surface area contributed by atoms with Gasteiger partial charge in [-0.3, -0.25) is 0 Å². The predicted octanol–water partition coefficient (Wildman–Crippen LogP) is 3.02. The summed E-state index contributed by atoms with van der Waals surface area (Å²) in [7, 11) is 1.29. The molecule has 0 aliphatic carbocycles. The van der Waals surface area contributed by atoms with Crippen LogP contribution in [-0.4, -0.2) is 37.4 Å². The minimum Gasteiger partial charge on any atom is -0.491 e. The Morgan fingerprint density at radius 1 is 1.19 bits per heavy atom. The predicted molar refractivity (Wildman–Crippen MR) is 92.4 cm³/mol. The van der Waals surface area contributed by atoms with Crippen molar-refractivity contribution >= 4 is 5.97 Å². The van der Waals surface area contributed by atoms with Gasteiger partial charge >= 0.3 is 12.1 Å². The highest BCUT2D eigenvalue weighted by Gasteiger charge is 2.30. The molecular weight excluding hydrogens is 363 g/mol. The van der Waals surface area contributed by atoms with E-state index in [-0.39, 0.29) is 19.7 Å². The molecule has 0 aliphatic heterocycles. The van der Waals surface area contributed by atoms with Crippen molar-refractivity contribution in [2.24, 2.45) is 0 Å². The third kappa shape index (κ3) is 6.58. The number of rotatable bonds is 8. The quantitative estimate of drug-likeness (QED) is 0.686. The molecular formula is C19H20F3NO4. The van der Waals surface area contributed by atoms with Gasteiger partial charge in [0.2, 0.25) is 0 Å². The summed E-state index contributed by atoms with van der Waals surface area (Å²) in [4.78, 5) is 11.3. The van der Waals surface area contributed by atoms with E-state index >= 15 is 0 Å². The normalized spacial score (nSPS) is 12.5. The maximum atomic E-state index is 12.7. The molecule has 2 aromatic carbocycles. The third-order valence-electron chi connectivity index (χ3n) is 3.68. The Balaban J connectivity index is 1.75. The molecule has 0 spiro atoms. The number of aliphatic hydroxyl groups excluding tert-OH is 1. The van der Waals surface area contributed by atoms with Crippen molar-refractivity contribution in [3.8, 4) is 5.75 Å². The topological polar surface area (TPSA) is 67.8 Å². The van der Waals surface area contributed by atoms with Gasteiger partial charge in [0, 0.05) is 13.1 Å². The molecule has 0 aromatic heterocycles. The SMILES string of the molecule is COC(=O)c1ccc(OC[C@@H](O)CNCc2cccc(C(F)(F)F)c2)cc1. The number of hydrogen-bond acceptors (Lipinski definition) is 5. The van der Waals surface area contributed by atoms with Crippen LogP contribution in [0.4, 0.5) is 13.2 Å². The number of aliphatic hydroxyl groups is 1. The maximum Gasteiger partial charge on any atom is 0.416 e. The second-order valence-corrected chi connectivity index (χ2v) is 5.81. The molecule has 0 radical (unpaired) electrons. The van der Waals surface area contributed by atoms with E-state index in [1.54, 1.807) is 30.3 Å². The summed E-state index contributed by atoms with van der Waals surface area (Å²) in [5.41, 5.74) is 0.144. The van der Waals surface area contributed by atoms with Crippen LogP contribution in [0.1, 0.15) is 21.5 Å². The number of hydrogen-bond donors (Lipinski definition) is 2. The van der Waals surface area contributed by atoms with Gasteiger partial charge in [0.05, 0.1) is 18.2 Å². The Labute approximate surface area is 154 Å². The molecule has 2 rings (SSSR count). The van der Waals surface area contributed by atoms with Crippen molar-refractivity contribution < 1.29 is 32.5 Å². The lowest BCUT2D eigenvalue weighted by Gasteiger charge is -2.14. The highest BCUT2D eigenvalue weighted by Crippen LogP contribution is 2.29. The summed E-state index contributed by atoms with van der Waals surface area (Å²) in [5.74, 6) is 0.0139. The molecule has 1 atom stereocenters. The summed E-state index contributed by atoms with van der Waals surface area (Å²) < 4.78 is 48.0. The number of nitrogens with one attached hydrogen (secondary N) is 1. The van der Waals surface area contributed by atoms with Crippen LogP contribution in [0.2, 0.25) is 0 Å². The van der Waals surface area contributed by atoms with Crippen molar-refractivity contribution in [1.82, 2.24) is 5.32 Å². The van der Waals surface area contributed by atoms with Gasteiger partial charge in [-0.25, -0.2) is 4.79 Å². The molecule has 5 nitrogen and oxygen atoms in total. The van der Waals surface area contributed by atoms with Gasteiger partial charge in [0.1, 0.15) is 18.5 Å². The number of methoxy groups -OCH3 is 1. The van der Waals surface area contributed by atoms with Gasteiger partial charge in [-0.2, -0.15) is 13.2 Å². The first kappa shape index (κ1) is 20.7. The van der Waals surface area contributed by atoms with Crippen LogP contribution in [0.5, 0.6) is 5.75 Å².